The van der Waals surface area contributed by atoms with Gasteiger partial charge < -0.3 is 8.85 Å². The van der Waals surface area contributed by atoms with E-state index in [1.165, 1.54) is 19.3 Å². The highest BCUT2D eigenvalue weighted by atomic mass is 28.4. The molecule has 0 aliphatic carbocycles. The van der Waals surface area contributed by atoms with E-state index in [0.29, 0.717) is 0 Å². The Morgan fingerprint density at radius 3 is 2.50 bits per heavy atom. The lowest BCUT2D eigenvalue weighted by Gasteiger charge is -2.29. The van der Waals surface area contributed by atoms with Crippen LogP contribution in [0.4, 0.5) is 0 Å². The molecular formula is C7H18N2O2Si. The van der Waals surface area contributed by atoms with Crippen LogP contribution in [0.15, 0.2) is 0 Å². The van der Waals surface area contributed by atoms with Gasteiger partial charge >= 0.3 is 8.72 Å². The van der Waals surface area contributed by atoms with Gasteiger partial charge in [0.1, 0.15) is 0 Å². The Labute approximate surface area is 74.9 Å². The molecule has 0 aromatic rings. The normalized spacial score (nSPS) is 24.5. The second kappa shape index (κ2) is 4.93. The lowest BCUT2D eigenvalue weighted by Crippen LogP contribution is -2.61. The molecular weight excluding hydrogens is 172 g/mol. The molecule has 72 valence electrons. The van der Waals surface area contributed by atoms with E-state index in [1.807, 2.05) is 0 Å². The molecule has 4 nitrogen and oxygen atoms in total. The Morgan fingerprint density at radius 2 is 1.83 bits per heavy atom. The van der Waals surface area contributed by atoms with Gasteiger partial charge in [0.2, 0.25) is 0 Å². The first kappa shape index (κ1) is 10.1. The van der Waals surface area contributed by atoms with Crippen molar-refractivity contribution in [3.8, 4) is 0 Å². The molecule has 1 saturated heterocycles. The topological polar surface area (TPSA) is 42.5 Å². The van der Waals surface area contributed by atoms with Crippen molar-refractivity contribution in [2.24, 2.45) is 0 Å². The smallest absolute Gasteiger partial charge is 0.385 e. The summed E-state index contributed by atoms with van der Waals surface area (Å²) in [4.78, 5) is 0. The first-order chi connectivity index (χ1) is 5.83. The van der Waals surface area contributed by atoms with E-state index >= 15 is 0 Å². The molecule has 0 aromatic carbocycles. The quantitative estimate of drug-likeness (QED) is 0.622. The average Bonchev–Trinajstić information content (AvgIpc) is 2.06. The van der Waals surface area contributed by atoms with E-state index < -0.39 is 8.72 Å². The molecule has 0 bridgehead atoms. The van der Waals surface area contributed by atoms with E-state index in [4.69, 9.17) is 8.85 Å². The predicted octanol–water partition coefficient (Wildman–Crippen LogP) is 0.496. The van der Waals surface area contributed by atoms with Gasteiger partial charge in [-0.3, -0.25) is 5.43 Å². The average molecular weight is 190 g/mol. The predicted molar refractivity (Wildman–Crippen MR) is 49.6 cm³/mol. The van der Waals surface area contributed by atoms with E-state index in [2.05, 4.69) is 10.5 Å². The fraction of sp³-hybridized carbons (Fsp3) is 1.00. The minimum absolute atomic E-state index is 1.00. The number of hydrazine groups is 1. The summed E-state index contributed by atoms with van der Waals surface area (Å²) >= 11 is 0. The molecule has 0 atom stereocenters. The summed E-state index contributed by atoms with van der Waals surface area (Å²) in [5.41, 5.74) is 3.14. The van der Waals surface area contributed by atoms with Gasteiger partial charge in [-0.25, -0.2) is 5.09 Å². The molecule has 0 aromatic heterocycles. The lowest BCUT2D eigenvalue weighted by atomic mass is 10.2. The van der Waals surface area contributed by atoms with Crippen LogP contribution in [0.1, 0.15) is 19.3 Å². The zero-order valence-electron chi connectivity index (χ0n) is 7.85. The third kappa shape index (κ3) is 2.53. The summed E-state index contributed by atoms with van der Waals surface area (Å²) < 4.78 is 10.8. The third-order valence-corrected chi connectivity index (χ3v) is 5.13. The Bertz CT molecular complexity index is 121. The third-order valence-electron chi connectivity index (χ3n) is 2.25. The summed E-state index contributed by atoms with van der Waals surface area (Å²) in [5, 5.41) is 3.18. The van der Waals surface area contributed by atoms with Crippen LogP contribution in [0, 0.1) is 0 Å². The van der Waals surface area contributed by atoms with E-state index in [1.54, 1.807) is 14.2 Å². The second-order valence-corrected chi connectivity index (χ2v) is 6.10. The molecule has 1 heterocycles. The van der Waals surface area contributed by atoms with E-state index in [-0.39, 0.29) is 0 Å². The van der Waals surface area contributed by atoms with Crippen LogP contribution in [0.3, 0.4) is 0 Å². The van der Waals surface area contributed by atoms with Crippen LogP contribution in [-0.2, 0) is 8.85 Å². The molecule has 0 amide bonds. The Hall–Kier alpha value is 0.0569. The van der Waals surface area contributed by atoms with Gasteiger partial charge in [-0.15, -0.1) is 0 Å². The minimum Gasteiger partial charge on any atom is -0.385 e. The first-order valence-electron chi connectivity index (χ1n) is 4.43. The highest BCUT2D eigenvalue weighted by Gasteiger charge is 2.36. The van der Waals surface area contributed by atoms with Crippen molar-refractivity contribution >= 4 is 8.72 Å². The first-order valence-corrected chi connectivity index (χ1v) is 6.46. The molecule has 1 fully saturated rings. The second-order valence-electron chi connectivity index (χ2n) is 3.02. The molecule has 2 N–H and O–H groups in total. The maximum Gasteiger partial charge on any atom is 0.438 e. The van der Waals surface area contributed by atoms with Gasteiger partial charge in [0.15, 0.2) is 0 Å². The SMILES string of the molecule is CO[Si]1(OC)CCCCCNN1. The summed E-state index contributed by atoms with van der Waals surface area (Å²) in [7, 11) is 1.35. The number of rotatable bonds is 2. The number of hydrogen-bond acceptors (Lipinski definition) is 4. The highest BCUT2D eigenvalue weighted by Crippen LogP contribution is 2.14. The van der Waals surface area contributed by atoms with Crippen LogP contribution in [0.5, 0.6) is 0 Å². The van der Waals surface area contributed by atoms with Crippen molar-refractivity contribution in [3.05, 3.63) is 0 Å². The molecule has 0 unspecified atom stereocenters. The van der Waals surface area contributed by atoms with Crippen molar-refractivity contribution in [1.29, 1.82) is 0 Å². The van der Waals surface area contributed by atoms with Crippen LogP contribution in [0.25, 0.3) is 0 Å². The minimum atomic E-state index is -2.07. The van der Waals surface area contributed by atoms with Crippen LogP contribution in [0.2, 0.25) is 6.04 Å². The zero-order valence-corrected chi connectivity index (χ0v) is 8.85. The van der Waals surface area contributed by atoms with Crippen molar-refractivity contribution in [2.45, 2.75) is 25.3 Å². The molecule has 1 aliphatic heterocycles. The van der Waals surface area contributed by atoms with Gasteiger partial charge in [-0.1, -0.05) is 6.42 Å². The maximum absolute atomic E-state index is 5.41. The number of nitrogens with one attached hydrogen (secondary N) is 2. The Balaban J connectivity index is 2.45. The van der Waals surface area contributed by atoms with Gasteiger partial charge in [-0.05, 0) is 12.8 Å². The van der Waals surface area contributed by atoms with Gasteiger partial charge in [-0.2, -0.15) is 0 Å². The van der Waals surface area contributed by atoms with Crippen molar-refractivity contribution in [3.63, 3.8) is 0 Å². The number of hydrogen-bond donors (Lipinski definition) is 2. The molecule has 1 rings (SSSR count). The summed E-state index contributed by atoms with van der Waals surface area (Å²) in [6.45, 7) is 1.00. The summed E-state index contributed by atoms with van der Waals surface area (Å²) in [5.74, 6) is 0. The Morgan fingerprint density at radius 1 is 1.08 bits per heavy atom. The lowest BCUT2D eigenvalue weighted by molar-refractivity contribution is 0.214. The highest BCUT2D eigenvalue weighted by molar-refractivity contribution is 6.64. The van der Waals surface area contributed by atoms with E-state index in [9.17, 15) is 0 Å². The van der Waals surface area contributed by atoms with E-state index in [0.717, 1.165) is 12.6 Å². The molecule has 0 spiro atoms. The maximum atomic E-state index is 5.41. The van der Waals surface area contributed by atoms with Crippen molar-refractivity contribution in [2.75, 3.05) is 20.8 Å². The van der Waals surface area contributed by atoms with Crippen LogP contribution < -0.4 is 10.5 Å². The van der Waals surface area contributed by atoms with Crippen LogP contribution in [-0.4, -0.2) is 29.5 Å². The molecule has 0 radical (unpaired) electrons. The zero-order chi connectivity index (χ0) is 8.86. The molecule has 12 heavy (non-hydrogen) atoms. The Kier molecular flexibility index (Phi) is 4.17. The molecule has 1 aliphatic rings. The van der Waals surface area contributed by atoms with Crippen molar-refractivity contribution < 1.29 is 8.85 Å². The fourth-order valence-electron chi connectivity index (χ4n) is 1.40. The summed E-state index contributed by atoms with van der Waals surface area (Å²) in [6, 6.07) is 1.02. The van der Waals surface area contributed by atoms with Gasteiger partial charge in [0.25, 0.3) is 0 Å². The molecule has 5 heteroatoms. The monoisotopic (exact) mass is 190 g/mol. The van der Waals surface area contributed by atoms with Gasteiger partial charge in [0, 0.05) is 26.8 Å². The molecule has 0 saturated carbocycles. The largest absolute Gasteiger partial charge is 0.438 e. The summed E-state index contributed by atoms with van der Waals surface area (Å²) in [6.07, 6.45) is 3.68. The van der Waals surface area contributed by atoms with Gasteiger partial charge in [0.05, 0.1) is 0 Å². The fourth-order valence-corrected chi connectivity index (χ4v) is 3.41. The standard InChI is InChI=1S/C7H18N2O2Si/c1-10-12(11-2)7-5-3-4-6-8-9-12/h8-9H,3-7H2,1-2H3. The van der Waals surface area contributed by atoms with Crippen LogP contribution >= 0.6 is 0 Å². The van der Waals surface area contributed by atoms with Crippen molar-refractivity contribution in [1.82, 2.24) is 10.5 Å².